The number of nitrogens with zero attached hydrogens (tertiary/aromatic N) is 5. The fraction of sp³-hybridized carbons (Fsp3) is 0.385. The summed E-state index contributed by atoms with van der Waals surface area (Å²) >= 11 is 1.51. The van der Waals surface area contributed by atoms with Gasteiger partial charge in [-0.2, -0.15) is 0 Å². The highest BCUT2D eigenvalue weighted by Crippen LogP contribution is 2.16. The summed E-state index contributed by atoms with van der Waals surface area (Å²) in [5.74, 6) is 0.752. The van der Waals surface area contributed by atoms with Crippen molar-refractivity contribution < 1.29 is 4.79 Å². The highest BCUT2D eigenvalue weighted by Gasteiger charge is 2.25. The fourth-order valence-electron chi connectivity index (χ4n) is 2.22. The summed E-state index contributed by atoms with van der Waals surface area (Å²) in [6.45, 7) is 4.78. The first kappa shape index (κ1) is 13.0. The molecule has 0 bridgehead atoms. The molecule has 104 valence electrons. The van der Waals surface area contributed by atoms with Gasteiger partial charge in [-0.15, -0.1) is 11.3 Å². The molecule has 1 fully saturated rings. The van der Waals surface area contributed by atoms with E-state index in [9.17, 15) is 4.79 Å². The third kappa shape index (κ3) is 2.49. The van der Waals surface area contributed by atoms with E-state index >= 15 is 0 Å². The normalized spacial score (nSPS) is 15.4. The molecule has 0 radical (unpaired) electrons. The SMILES string of the molecule is Cc1scnc1C(=O)N1CCN(c2ncccn2)CC1. The minimum atomic E-state index is 0.0254. The Morgan fingerprint density at radius 3 is 2.45 bits per heavy atom. The van der Waals surface area contributed by atoms with E-state index in [0.717, 1.165) is 23.9 Å². The van der Waals surface area contributed by atoms with Crippen LogP contribution in [0.5, 0.6) is 0 Å². The van der Waals surface area contributed by atoms with Crippen molar-refractivity contribution in [2.24, 2.45) is 0 Å². The quantitative estimate of drug-likeness (QED) is 0.831. The van der Waals surface area contributed by atoms with E-state index in [4.69, 9.17) is 0 Å². The zero-order chi connectivity index (χ0) is 13.9. The largest absolute Gasteiger partial charge is 0.337 e. The molecule has 6 nitrogen and oxygen atoms in total. The van der Waals surface area contributed by atoms with E-state index in [1.807, 2.05) is 11.8 Å². The van der Waals surface area contributed by atoms with Gasteiger partial charge in [0.2, 0.25) is 5.95 Å². The van der Waals surface area contributed by atoms with Crippen LogP contribution in [-0.2, 0) is 0 Å². The van der Waals surface area contributed by atoms with Crippen molar-refractivity contribution in [1.82, 2.24) is 19.9 Å². The zero-order valence-corrected chi connectivity index (χ0v) is 12.0. The van der Waals surface area contributed by atoms with Crippen molar-refractivity contribution in [1.29, 1.82) is 0 Å². The summed E-state index contributed by atoms with van der Waals surface area (Å²) < 4.78 is 0. The van der Waals surface area contributed by atoms with Gasteiger partial charge in [0.1, 0.15) is 5.69 Å². The van der Waals surface area contributed by atoms with Crippen molar-refractivity contribution in [3.8, 4) is 0 Å². The second-order valence-corrected chi connectivity index (χ2v) is 5.64. The summed E-state index contributed by atoms with van der Waals surface area (Å²) in [5.41, 5.74) is 2.30. The number of hydrogen-bond donors (Lipinski definition) is 0. The third-order valence-electron chi connectivity index (χ3n) is 3.35. The number of rotatable bonds is 2. The van der Waals surface area contributed by atoms with E-state index in [0.29, 0.717) is 18.8 Å². The maximum Gasteiger partial charge on any atom is 0.273 e. The first-order chi connectivity index (χ1) is 9.75. The fourth-order valence-corrected chi connectivity index (χ4v) is 2.79. The van der Waals surface area contributed by atoms with Gasteiger partial charge in [0.05, 0.1) is 5.51 Å². The topological polar surface area (TPSA) is 62.2 Å². The third-order valence-corrected chi connectivity index (χ3v) is 4.11. The molecule has 3 rings (SSSR count). The van der Waals surface area contributed by atoms with E-state index in [1.54, 1.807) is 24.0 Å². The number of carbonyl (C=O) groups excluding carboxylic acids is 1. The Bertz CT molecular complexity index is 592. The number of amides is 1. The first-order valence-electron chi connectivity index (χ1n) is 6.47. The van der Waals surface area contributed by atoms with Gasteiger partial charge in [-0.05, 0) is 13.0 Å². The van der Waals surface area contributed by atoms with Gasteiger partial charge in [0.15, 0.2) is 0 Å². The van der Waals surface area contributed by atoms with Crippen LogP contribution < -0.4 is 4.90 Å². The van der Waals surface area contributed by atoms with Crippen LogP contribution in [0.3, 0.4) is 0 Å². The molecule has 1 amide bonds. The molecule has 1 aliphatic heterocycles. The van der Waals surface area contributed by atoms with E-state index < -0.39 is 0 Å². The smallest absolute Gasteiger partial charge is 0.273 e. The Morgan fingerprint density at radius 1 is 1.15 bits per heavy atom. The second kappa shape index (κ2) is 5.54. The Hall–Kier alpha value is -2.02. The number of aryl methyl sites for hydroxylation is 1. The summed E-state index contributed by atoms with van der Waals surface area (Å²) in [7, 11) is 0. The maximum absolute atomic E-state index is 12.3. The highest BCUT2D eigenvalue weighted by atomic mass is 32.1. The van der Waals surface area contributed by atoms with Crippen LogP contribution >= 0.6 is 11.3 Å². The Balaban J connectivity index is 1.64. The monoisotopic (exact) mass is 289 g/mol. The van der Waals surface area contributed by atoms with Gasteiger partial charge in [0.25, 0.3) is 5.91 Å². The molecule has 0 unspecified atom stereocenters. The molecule has 7 heteroatoms. The van der Waals surface area contributed by atoms with Crippen LogP contribution in [0.15, 0.2) is 24.0 Å². The van der Waals surface area contributed by atoms with Crippen LogP contribution in [0.4, 0.5) is 5.95 Å². The van der Waals surface area contributed by atoms with E-state index in [2.05, 4.69) is 19.9 Å². The summed E-state index contributed by atoms with van der Waals surface area (Å²) in [6.07, 6.45) is 3.47. The lowest BCUT2D eigenvalue weighted by Crippen LogP contribution is -2.49. The molecule has 0 saturated carbocycles. The summed E-state index contributed by atoms with van der Waals surface area (Å²) in [5, 5.41) is 0. The van der Waals surface area contributed by atoms with Gasteiger partial charge in [-0.1, -0.05) is 0 Å². The Kier molecular flexibility index (Phi) is 3.60. The van der Waals surface area contributed by atoms with Gasteiger partial charge in [0, 0.05) is 43.4 Å². The average Bonchev–Trinajstić information content (AvgIpc) is 2.94. The molecule has 0 N–H and O–H groups in total. The highest BCUT2D eigenvalue weighted by molar-refractivity contribution is 7.09. The molecule has 2 aromatic heterocycles. The zero-order valence-electron chi connectivity index (χ0n) is 11.2. The summed E-state index contributed by atoms with van der Waals surface area (Å²) in [6, 6.07) is 1.80. The molecule has 0 aromatic carbocycles. The lowest BCUT2D eigenvalue weighted by molar-refractivity contribution is 0.0740. The molecule has 0 atom stereocenters. The molecule has 1 saturated heterocycles. The first-order valence-corrected chi connectivity index (χ1v) is 7.35. The van der Waals surface area contributed by atoms with Gasteiger partial charge in [-0.25, -0.2) is 15.0 Å². The number of piperazine rings is 1. The molecule has 3 heterocycles. The van der Waals surface area contributed by atoms with Gasteiger partial charge >= 0.3 is 0 Å². The van der Waals surface area contributed by atoms with Crippen LogP contribution in [0.1, 0.15) is 15.4 Å². The molecule has 0 spiro atoms. The number of thiazole rings is 1. The summed E-state index contributed by atoms with van der Waals surface area (Å²) in [4.78, 5) is 29.9. The van der Waals surface area contributed by atoms with Crippen molar-refractivity contribution >= 4 is 23.2 Å². The molecular formula is C13H15N5OS. The van der Waals surface area contributed by atoms with Crippen LogP contribution in [0.2, 0.25) is 0 Å². The van der Waals surface area contributed by atoms with Crippen LogP contribution in [0.25, 0.3) is 0 Å². The molecule has 2 aromatic rings. The minimum Gasteiger partial charge on any atom is -0.337 e. The molecular weight excluding hydrogens is 274 g/mol. The molecule has 20 heavy (non-hydrogen) atoms. The van der Waals surface area contributed by atoms with Crippen molar-refractivity contribution in [2.75, 3.05) is 31.1 Å². The Morgan fingerprint density at radius 2 is 1.85 bits per heavy atom. The lowest BCUT2D eigenvalue weighted by atomic mass is 10.2. The lowest BCUT2D eigenvalue weighted by Gasteiger charge is -2.34. The number of carbonyl (C=O) groups is 1. The van der Waals surface area contributed by atoms with Crippen LogP contribution in [0, 0.1) is 6.92 Å². The van der Waals surface area contributed by atoms with Crippen molar-refractivity contribution in [3.63, 3.8) is 0 Å². The average molecular weight is 289 g/mol. The second-order valence-electron chi connectivity index (χ2n) is 4.59. The van der Waals surface area contributed by atoms with E-state index in [1.165, 1.54) is 11.3 Å². The van der Waals surface area contributed by atoms with E-state index in [-0.39, 0.29) is 5.91 Å². The van der Waals surface area contributed by atoms with Crippen molar-refractivity contribution in [3.05, 3.63) is 34.5 Å². The molecule has 1 aliphatic rings. The molecule has 0 aliphatic carbocycles. The van der Waals surface area contributed by atoms with Crippen molar-refractivity contribution in [2.45, 2.75) is 6.92 Å². The number of aromatic nitrogens is 3. The number of hydrogen-bond acceptors (Lipinski definition) is 6. The van der Waals surface area contributed by atoms with Crippen LogP contribution in [-0.4, -0.2) is 51.9 Å². The maximum atomic E-state index is 12.3. The predicted octanol–water partition coefficient (Wildman–Crippen LogP) is 1.20. The number of anilines is 1. The predicted molar refractivity (Wildman–Crippen MR) is 77.0 cm³/mol. The van der Waals surface area contributed by atoms with Gasteiger partial charge < -0.3 is 9.80 Å². The van der Waals surface area contributed by atoms with Gasteiger partial charge in [-0.3, -0.25) is 4.79 Å². The standard InChI is InChI=1S/C13H15N5OS/c1-10-11(16-9-20-10)12(19)17-5-7-18(8-6-17)13-14-3-2-4-15-13/h2-4,9H,5-8H2,1H3. The minimum absolute atomic E-state index is 0.0254. The Labute approximate surface area is 121 Å².